The Balaban J connectivity index is 2.44. The third kappa shape index (κ3) is 2.92. The fourth-order valence-electron chi connectivity index (χ4n) is 2.80. The van der Waals surface area contributed by atoms with Crippen molar-refractivity contribution < 1.29 is 4.79 Å². The minimum Gasteiger partial charge on any atom is -0.366 e. The van der Waals surface area contributed by atoms with Crippen molar-refractivity contribution >= 4 is 27.5 Å². The highest BCUT2D eigenvalue weighted by Gasteiger charge is 2.28. The number of piperidine rings is 1. The van der Waals surface area contributed by atoms with Gasteiger partial charge in [0, 0.05) is 23.1 Å². The van der Waals surface area contributed by atoms with E-state index in [4.69, 9.17) is 11.5 Å². The van der Waals surface area contributed by atoms with E-state index in [1.54, 1.807) is 0 Å². The molecule has 1 saturated heterocycles. The number of nitrogens with two attached hydrogens (primary N) is 2. The van der Waals surface area contributed by atoms with Crippen LogP contribution in [-0.2, 0) is 0 Å². The number of nitrogens with zero attached hydrogens (tertiary/aromatic N) is 1. The zero-order valence-corrected chi connectivity index (χ0v) is 12.7. The lowest BCUT2D eigenvalue weighted by atomic mass is 9.95. The molecule has 0 bridgehead atoms. The Morgan fingerprint density at radius 1 is 1.47 bits per heavy atom. The Kier molecular flexibility index (Phi) is 4.47. The Bertz CT molecular complexity index is 476. The van der Waals surface area contributed by atoms with Gasteiger partial charge in [0.05, 0.1) is 11.3 Å². The average Bonchev–Trinajstić information content (AvgIpc) is 2.37. The van der Waals surface area contributed by atoms with Gasteiger partial charge in [-0.05, 0) is 54.2 Å². The maximum absolute atomic E-state index is 11.7. The molecule has 0 spiro atoms. The Morgan fingerprint density at radius 3 is 2.84 bits per heavy atom. The molecular weight excluding hydrogens is 306 g/mol. The van der Waals surface area contributed by atoms with Crippen molar-refractivity contribution in [2.75, 3.05) is 11.4 Å². The van der Waals surface area contributed by atoms with Crippen molar-refractivity contribution in [3.8, 4) is 0 Å². The van der Waals surface area contributed by atoms with Crippen LogP contribution in [0.2, 0.25) is 0 Å². The molecule has 104 valence electrons. The predicted molar refractivity (Wildman–Crippen MR) is 81.3 cm³/mol. The molecule has 2 rings (SSSR count). The number of hydrogen-bond acceptors (Lipinski definition) is 3. The van der Waals surface area contributed by atoms with E-state index in [1.165, 1.54) is 6.42 Å². The van der Waals surface area contributed by atoms with E-state index < -0.39 is 5.91 Å². The van der Waals surface area contributed by atoms with Crippen LogP contribution in [0.25, 0.3) is 0 Å². The molecule has 1 amide bonds. The van der Waals surface area contributed by atoms with Gasteiger partial charge in [-0.1, -0.05) is 6.07 Å². The summed E-state index contributed by atoms with van der Waals surface area (Å²) in [6.07, 6.45) is 3.36. The summed E-state index contributed by atoms with van der Waals surface area (Å²) in [6, 6.07) is 6.06. The largest absolute Gasteiger partial charge is 0.366 e. The van der Waals surface area contributed by atoms with Crippen LogP contribution in [0.4, 0.5) is 5.69 Å². The number of amides is 1. The smallest absolute Gasteiger partial charge is 0.251 e. The van der Waals surface area contributed by atoms with Gasteiger partial charge in [0.2, 0.25) is 0 Å². The highest BCUT2D eigenvalue weighted by atomic mass is 79.9. The molecule has 0 aromatic heterocycles. The van der Waals surface area contributed by atoms with Gasteiger partial charge in [-0.25, -0.2) is 0 Å². The summed E-state index contributed by atoms with van der Waals surface area (Å²) in [6.45, 7) is 2.94. The van der Waals surface area contributed by atoms with Crippen molar-refractivity contribution in [1.82, 2.24) is 0 Å². The number of benzene rings is 1. The lowest BCUT2D eigenvalue weighted by Gasteiger charge is -2.40. The van der Waals surface area contributed by atoms with Crippen LogP contribution in [0.5, 0.6) is 0 Å². The molecule has 1 heterocycles. The summed E-state index contributed by atoms with van der Waals surface area (Å²) in [4.78, 5) is 13.9. The highest BCUT2D eigenvalue weighted by molar-refractivity contribution is 9.10. The van der Waals surface area contributed by atoms with Crippen LogP contribution in [0, 0.1) is 0 Å². The van der Waals surface area contributed by atoms with E-state index in [2.05, 4.69) is 20.8 Å². The molecule has 4 nitrogen and oxygen atoms in total. The zero-order valence-electron chi connectivity index (χ0n) is 11.1. The highest BCUT2D eigenvalue weighted by Crippen LogP contribution is 2.32. The number of hydrogen-bond donors (Lipinski definition) is 2. The number of carbonyl (C=O) groups is 1. The maximum atomic E-state index is 11.7. The quantitative estimate of drug-likeness (QED) is 0.895. The Morgan fingerprint density at radius 2 is 2.21 bits per heavy atom. The second-order valence-corrected chi connectivity index (χ2v) is 5.97. The van der Waals surface area contributed by atoms with Crippen molar-refractivity contribution in [1.29, 1.82) is 0 Å². The van der Waals surface area contributed by atoms with Gasteiger partial charge in [-0.3, -0.25) is 4.79 Å². The second kappa shape index (κ2) is 5.92. The van der Waals surface area contributed by atoms with Crippen LogP contribution in [0.15, 0.2) is 22.7 Å². The number of carbonyl (C=O) groups excluding carboxylic acids is 1. The van der Waals surface area contributed by atoms with Crippen molar-refractivity contribution in [2.24, 2.45) is 11.5 Å². The van der Waals surface area contributed by atoms with Crippen LogP contribution in [-0.4, -0.2) is 24.5 Å². The zero-order chi connectivity index (χ0) is 14.0. The average molecular weight is 326 g/mol. The standard InChI is InChI=1S/C14H20BrN3O/c1-9(16)11-6-2-3-8-18(11)12-7-4-5-10(15)13(12)14(17)19/h4-5,7,9,11H,2-3,6,8,16H2,1H3,(H2,17,19). The monoisotopic (exact) mass is 325 g/mol. The SMILES string of the molecule is CC(N)C1CCCCN1c1cccc(Br)c1C(N)=O. The molecule has 1 aliphatic heterocycles. The molecule has 1 aromatic carbocycles. The van der Waals surface area contributed by atoms with Crippen LogP contribution < -0.4 is 16.4 Å². The first-order valence-electron chi connectivity index (χ1n) is 6.63. The van der Waals surface area contributed by atoms with Crippen LogP contribution >= 0.6 is 15.9 Å². The molecule has 2 unspecified atom stereocenters. The molecule has 1 aliphatic rings. The van der Waals surface area contributed by atoms with E-state index in [0.29, 0.717) is 5.56 Å². The summed E-state index contributed by atoms with van der Waals surface area (Å²) in [5.74, 6) is -0.406. The number of halogens is 1. The predicted octanol–water partition coefficient (Wildman–Crippen LogP) is 2.25. The van der Waals surface area contributed by atoms with E-state index >= 15 is 0 Å². The lowest BCUT2D eigenvalue weighted by Crippen LogP contribution is -2.49. The molecule has 1 aromatic rings. The van der Waals surface area contributed by atoms with E-state index in [9.17, 15) is 4.79 Å². The Hall–Kier alpha value is -1.07. The molecule has 0 aliphatic carbocycles. The maximum Gasteiger partial charge on any atom is 0.251 e. The topological polar surface area (TPSA) is 72.3 Å². The Labute approximate surface area is 122 Å². The van der Waals surface area contributed by atoms with Gasteiger partial charge in [0.25, 0.3) is 5.91 Å². The number of primary amides is 1. The van der Waals surface area contributed by atoms with Crippen molar-refractivity contribution in [2.45, 2.75) is 38.3 Å². The number of anilines is 1. The van der Waals surface area contributed by atoms with Gasteiger partial charge in [0.1, 0.15) is 0 Å². The molecule has 4 N–H and O–H groups in total. The van der Waals surface area contributed by atoms with Crippen molar-refractivity contribution in [3.05, 3.63) is 28.2 Å². The van der Waals surface area contributed by atoms with Crippen LogP contribution in [0.1, 0.15) is 36.5 Å². The molecular formula is C14H20BrN3O. The third-order valence-electron chi connectivity index (χ3n) is 3.70. The van der Waals surface area contributed by atoms with Crippen molar-refractivity contribution in [3.63, 3.8) is 0 Å². The third-order valence-corrected chi connectivity index (χ3v) is 4.36. The first-order chi connectivity index (χ1) is 9.02. The normalized spacial score (nSPS) is 21.2. The molecule has 0 saturated carbocycles. The van der Waals surface area contributed by atoms with E-state index in [1.807, 2.05) is 25.1 Å². The molecule has 0 radical (unpaired) electrons. The molecule has 5 heteroatoms. The summed E-state index contributed by atoms with van der Waals surface area (Å²) in [7, 11) is 0. The minimum absolute atomic E-state index is 0.0695. The number of rotatable bonds is 3. The van der Waals surface area contributed by atoms with Gasteiger partial charge >= 0.3 is 0 Å². The molecule has 1 fully saturated rings. The first-order valence-corrected chi connectivity index (χ1v) is 7.42. The first kappa shape index (κ1) is 14.3. The lowest BCUT2D eigenvalue weighted by molar-refractivity contribution is 0.1000. The van der Waals surface area contributed by atoms with E-state index in [0.717, 1.165) is 29.5 Å². The van der Waals surface area contributed by atoms with Gasteiger partial charge in [0.15, 0.2) is 0 Å². The summed E-state index contributed by atoms with van der Waals surface area (Å²) >= 11 is 3.41. The fraction of sp³-hybridized carbons (Fsp3) is 0.500. The van der Waals surface area contributed by atoms with Crippen LogP contribution in [0.3, 0.4) is 0 Å². The summed E-state index contributed by atoms with van der Waals surface area (Å²) in [5, 5.41) is 0. The fourth-order valence-corrected chi connectivity index (χ4v) is 3.35. The second-order valence-electron chi connectivity index (χ2n) is 5.11. The van der Waals surface area contributed by atoms with Gasteiger partial charge in [-0.2, -0.15) is 0 Å². The molecule has 19 heavy (non-hydrogen) atoms. The van der Waals surface area contributed by atoms with E-state index in [-0.39, 0.29) is 12.1 Å². The van der Waals surface area contributed by atoms with Gasteiger partial charge < -0.3 is 16.4 Å². The summed E-state index contributed by atoms with van der Waals surface area (Å²) in [5.41, 5.74) is 13.0. The molecule has 2 atom stereocenters. The summed E-state index contributed by atoms with van der Waals surface area (Å²) < 4.78 is 0.742. The van der Waals surface area contributed by atoms with Gasteiger partial charge in [-0.15, -0.1) is 0 Å². The minimum atomic E-state index is -0.406.